The van der Waals surface area contributed by atoms with Crippen molar-refractivity contribution >= 4 is 11.7 Å². The Hall–Kier alpha value is -1.62. The molecule has 1 saturated heterocycles. The van der Waals surface area contributed by atoms with Gasteiger partial charge in [0.2, 0.25) is 0 Å². The Labute approximate surface area is 112 Å². The van der Waals surface area contributed by atoms with Gasteiger partial charge in [-0.05, 0) is 44.9 Å². The van der Waals surface area contributed by atoms with Crippen molar-refractivity contribution in [1.82, 2.24) is 5.01 Å². The fourth-order valence-electron chi connectivity index (χ4n) is 2.57. The second-order valence-electron chi connectivity index (χ2n) is 5.14. The highest BCUT2D eigenvalue weighted by molar-refractivity contribution is 5.94. The molecule has 19 heavy (non-hydrogen) atoms. The molecule has 0 bridgehead atoms. The average Bonchev–Trinajstić information content (AvgIpc) is 2.35. The summed E-state index contributed by atoms with van der Waals surface area (Å²) in [5.41, 5.74) is 3.55. The van der Waals surface area contributed by atoms with Crippen molar-refractivity contribution in [3.05, 3.63) is 29.6 Å². The third kappa shape index (κ3) is 3.04. The predicted molar refractivity (Wildman–Crippen MR) is 71.6 cm³/mol. The molecule has 0 radical (unpaired) electrons. The molecule has 5 heteroatoms. The number of benzene rings is 1. The number of nitrogens with one attached hydrogen (secondary N) is 1. The maximum atomic E-state index is 13.1. The van der Waals surface area contributed by atoms with E-state index in [9.17, 15) is 9.18 Å². The van der Waals surface area contributed by atoms with Crippen LogP contribution in [0.2, 0.25) is 0 Å². The number of aromatic carboxylic acids is 1. The van der Waals surface area contributed by atoms with E-state index in [-0.39, 0.29) is 5.56 Å². The fourth-order valence-corrected chi connectivity index (χ4v) is 2.57. The maximum absolute atomic E-state index is 13.1. The lowest BCUT2D eigenvalue weighted by atomic mass is 10.00. The van der Waals surface area contributed by atoms with Crippen LogP contribution in [0, 0.1) is 5.82 Å². The Bertz CT molecular complexity index is 469. The van der Waals surface area contributed by atoms with E-state index in [1.807, 2.05) is 0 Å². The van der Waals surface area contributed by atoms with Gasteiger partial charge in [0.25, 0.3) is 0 Å². The van der Waals surface area contributed by atoms with Gasteiger partial charge in [-0.3, -0.25) is 0 Å². The van der Waals surface area contributed by atoms with Gasteiger partial charge in [-0.25, -0.2) is 14.2 Å². The minimum Gasteiger partial charge on any atom is -0.478 e. The van der Waals surface area contributed by atoms with Crippen LogP contribution in [-0.4, -0.2) is 28.2 Å². The van der Waals surface area contributed by atoms with Gasteiger partial charge in [0, 0.05) is 12.1 Å². The molecule has 0 saturated carbocycles. The van der Waals surface area contributed by atoms with E-state index >= 15 is 0 Å². The molecule has 1 aliphatic rings. The van der Waals surface area contributed by atoms with E-state index in [1.54, 1.807) is 0 Å². The predicted octanol–water partition coefficient (Wildman–Crippen LogP) is 3.11. The van der Waals surface area contributed by atoms with Crippen molar-refractivity contribution in [3.8, 4) is 0 Å². The Morgan fingerprint density at radius 2 is 2.00 bits per heavy atom. The Morgan fingerprint density at radius 1 is 1.37 bits per heavy atom. The van der Waals surface area contributed by atoms with Crippen LogP contribution >= 0.6 is 0 Å². The summed E-state index contributed by atoms with van der Waals surface area (Å²) in [6.45, 7) is 4.21. The number of rotatable bonds is 3. The van der Waals surface area contributed by atoms with Crippen LogP contribution in [0.1, 0.15) is 43.5 Å². The third-order valence-corrected chi connectivity index (χ3v) is 3.66. The van der Waals surface area contributed by atoms with E-state index in [2.05, 4.69) is 24.3 Å². The Kier molecular flexibility index (Phi) is 4.04. The zero-order chi connectivity index (χ0) is 14.0. The number of hydrazine groups is 1. The molecule has 1 fully saturated rings. The van der Waals surface area contributed by atoms with Crippen molar-refractivity contribution in [2.45, 2.75) is 45.2 Å². The summed E-state index contributed by atoms with van der Waals surface area (Å²) in [4.78, 5) is 11.2. The van der Waals surface area contributed by atoms with Crippen LogP contribution in [0.3, 0.4) is 0 Å². The van der Waals surface area contributed by atoms with E-state index in [0.29, 0.717) is 17.8 Å². The molecule has 1 aromatic rings. The van der Waals surface area contributed by atoms with Crippen LogP contribution in [0.4, 0.5) is 10.1 Å². The molecule has 2 atom stereocenters. The minimum absolute atomic E-state index is 0.0371. The summed E-state index contributed by atoms with van der Waals surface area (Å²) >= 11 is 0. The standard InChI is InChI=1S/C14H19FN2O2/c1-9-4-3-5-10(2)17(9)16-13-7-6-11(15)8-12(13)14(18)19/h6-10,16H,3-5H2,1-2H3,(H,18,19). The molecule has 1 heterocycles. The number of carbonyl (C=O) groups is 1. The molecule has 2 N–H and O–H groups in total. The van der Waals surface area contributed by atoms with Gasteiger partial charge < -0.3 is 10.5 Å². The number of nitrogens with zero attached hydrogens (tertiary/aromatic N) is 1. The zero-order valence-electron chi connectivity index (χ0n) is 11.2. The van der Waals surface area contributed by atoms with E-state index in [0.717, 1.165) is 18.9 Å². The number of anilines is 1. The smallest absolute Gasteiger partial charge is 0.337 e. The van der Waals surface area contributed by atoms with Gasteiger partial charge >= 0.3 is 5.97 Å². The second kappa shape index (κ2) is 5.57. The normalized spacial score (nSPS) is 24.2. The Balaban J connectivity index is 2.24. The van der Waals surface area contributed by atoms with Gasteiger partial charge in [-0.2, -0.15) is 0 Å². The molecular formula is C14H19FN2O2. The molecule has 0 spiro atoms. The highest BCUT2D eigenvalue weighted by Gasteiger charge is 2.25. The molecule has 0 aliphatic carbocycles. The van der Waals surface area contributed by atoms with Crippen molar-refractivity contribution in [2.75, 3.05) is 5.43 Å². The first kappa shape index (κ1) is 13.8. The lowest BCUT2D eigenvalue weighted by molar-refractivity contribution is 0.0695. The summed E-state index contributed by atoms with van der Waals surface area (Å²) < 4.78 is 13.1. The number of piperidine rings is 1. The molecule has 4 nitrogen and oxygen atoms in total. The van der Waals surface area contributed by atoms with Gasteiger partial charge in [0.05, 0.1) is 11.3 Å². The van der Waals surface area contributed by atoms with Crippen molar-refractivity contribution in [1.29, 1.82) is 0 Å². The fraction of sp³-hybridized carbons (Fsp3) is 0.500. The summed E-state index contributed by atoms with van der Waals surface area (Å²) in [5, 5.41) is 11.2. The third-order valence-electron chi connectivity index (χ3n) is 3.66. The largest absolute Gasteiger partial charge is 0.478 e. The highest BCUT2D eigenvalue weighted by atomic mass is 19.1. The summed E-state index contributed by atoms with van der Waals surface area (Å²) in [6.07, 6.45) is 3.32. The Morgan fingerprint density at radius 3 is 2.58 bits per heavy atom. The number of carboxylic acid groups (broad SMARTS) is 1. The number of halogens is 1. The zero-order valence-corrected chi connectivity index (χ0v) is 11.2. The number of hydrogen-bond acceptors (Lipinski definition) is 3. The monoisotopic (exact) mass is 266 g/mol. The first-order chi connectivity index (χ1) is 8.99. The quantitative estimate of drug-likeness (QED) is 0.882. The van der Waals surface area contributed by atoms with Crippen LogP contribution < -0.4 is 5.43 Å². The topological polar surface area (TPSA) is 52.6 Å². The van der Waals surface area contributed by atoms with Gasteiger partial charge in [-0.1, -0.05) is 6.42 Å². The van der Waals surface area contributed by atoms with Crippen LogP contribution in [0.15, 0.2) is 18.2 Å². The van der Waals surface area contributed by atoms with Crippen LogP contribution in [0.5, 0.6) is 0 Å². The maximum Gasteiger partial charge on any atom is 0.337 e. The van der Waals surface area contributed by atoms with Gasteiger partial charge in [-0.15, -0.1) is 0 Å². The highest BCUT2D eigenvalue weighted by Crippen LogP contribution is 2.25. The van der Waals surface area contributed by atoms with Crippen LogP contribution in [-0.2, 0) is 0 Å². The summed E-state index contributed by atoms with van der Waals surface area (Å²) in [6, 6.07) is 4.45. The van der Waals surface area contributed by atoms with E-state index in [1.165, 1.54) is 18.6 Å². The number of hydrogen-bond donors (Lipinski definition) is 2. The first-order valence-corrected chi connectivity index (χ1v) is 6.57. The molecule has 0 amide bonds. The molecule has 2 rings (SSSR count). The van der Waals surface area contributed by atoms with Gasteiger partial charge in [0.1, 0.15) is 5.82 Å². The number of carboxylic acids is 1. The lowest BCUT2D eigenvalue weighted by Crippen LogP contribution is -2.47. The van der Waals surface area contributed by atoms with Crippen LogP contribution in [0.25, 0.3) is 0 Å². The molecule has 1 aliphatic heterocycles. The first-order valence-electron chi connectivity index (χ1n) is 6.57. The van der Waals surface area contributed by atoms with E-state index in [4.69, 9.17) is 5.11 Å². The van der Waals surface area contributed by atoms with Gasteiger partial charge in [0.15, 0.2) is 0 Å². The minimum atomic E-state index is -1.13. The molecule has 1 aromatic carbocycles. The average molecular weight is 266 g/mol. The van der Waals surface area contributed by atoms with Crippen molar-refractivity contribution < 1.29 is 14.3 Å². The molecule has 0 aromatic heterocycles. The van der Waals surface area contributed by atoms with Crippen molar-refractivity contribution in [2.24, 2.45) is 0 Å². The summed E-state index contributed by atoms with van der Waals surface area (Å²) in [5.74, 6) is -1.66. The lowest BCUT2D eigenvalue weighted by Gasteiger charge is -2.39. The SMILES string of the molecule is CC1CCCC(C)N1Nc1ccc(F)cc1C(=O)O. The van der Waals surface area contributed by atoms with E-state index < -0.39 is 11.8 Å². The van der Waals surface area contributed by atoms with Crippen molar-refractivity contribution in [3.63, 3.8) is 0 Å². The summed E-state index contributed by atoms with van der Waals surface area (Å²) in [7, 11) is 0. The molecule has 2 unspecified atom stereocenters. The molecular weight excluding hydrogens is 247 g/mol. The molecule has 104 valence electrons. The second-order valence-corrected chi connectivity index (χ2v) is 5.14.